The van der Waals surface area contributed by atoms with Gasteiger partial charge in [0.2, 0.25) is 0 Å². The minimum atomic E-state index is -0.985. The highest BCUT2D eigenvalue weighted by Gasteiger charge is 2.13. The molecule has 1 heterocycles. The molecule has 0 radical (unpaired) electrons. The van der Waals surface area contributed by atoms with Gasteiger partial charge in [-0.25, -0.2) is 8.78 Å². The van der Waals surface area contributed by atoms with Gasteiger partial charge in [-0.2, -0.15) is 0 Å². The van der Waals surface area contributed by atoms with Crippen molar-refractivity contribution in [3.05, 3.63) is 57.3 Å². The normalized spacial score (nSPS) is 12.6. The van der Waals surface area contributed by atoms with Gasteiger partial charge in [-0.3, -0.25) is 0 Å². The van der Waals surface area contributed by atoms with Crippen molar-refractivity contribution in [2.24, 2.45) is 0 Å². The molecule has 0 aliphatic heterocycles. The summed E-state index contributed by atoms with van der Waals surface area (Å²) in [5.74, 6) is -1.36. The Morgan fingerprint density at radius 3 is 2.74 bits per heavy atom. The zero-order valence-electron chi connectivity index (χ0n) is 10.5. The number of benzene rings is 1. The zero-order chi connectivity index (χ0) is 13.8. The Morgan fingerprint density at radius 1 is 1.32 bits per heavy atom. The van der Waals surface area contributed by atoms with E-state index in [-0.39, 0.29) is 12.1 Å². The monoisotopic (exact) mass is 283 g/mol. The van der Waals surface area contributed by atoms with Gasteiger partial charge in [0.1, 0.15) is 11.6 Å². The number of halogens is 2. The van der Waals surface area contributed by atoms with Gasteiger partial charge >= 0.3 is 0 Å². The molecule has 102 valence electrons. The van der Waals surface area contributed by atoms with Crippen LogP contribution in [0, 0.1) is 18.6 Å². The summed E-state index contributed by atoms with van der Waals surface area (Å²) in [6.45, 7) is 2.87. The van der Waals surface area contributed by atoms with Crippen molar-refractivity contribution in [1.82, 2.24) is 5.32 Å². The lowest BCUT2D eigenvalue weighted by Gasteiger charge is -2.13. The Labute approximate surface area is 114 Å². The average molecular weight is 283 g/mol. The summed E-state index contributed by atoms with van der Waals surface area (Å²) >= 11 is 1.63. The first kappa shape index (κ1) is 14.1. The fourth-order valence-corrected chi connectivity index (χ4v) is 2.67. The first-order valence-corrected chi connectivity index (χ1v) is 6.82. The van der Waals surface area contributed by atoms with Crippen molar-refractivity contribution >= 4 is 11.3 Å². The third-order valence-corrected chi connectivity index (χ3v) is 3.94. The van der Waals surface area contributed by atoms with E-state index in [0.717, 1.165) is 12.1 Å². The SMILES string of the molecule is Cc1ccsc1CNCC(O)c1ccc(F)cc1F. The van der Waals surface area contributed by atoms with Crippen LogP contribution < -0.4 is 5.32 Å². The van der Waals surface area contributed by atoms with E-state index in [1.54, 1.807) is 11.3 Å². The molecule has 19 heavy (non-hydrogen) atoms. The molecule has 0 aliphatic carbocycles. The molecule has 5 heteroatoms. The molecule has 2 rings (SSSR count). The number of aliphatic hydroxyl groups is 1. The molecule has 1 aromatic carbocycles. The number of aliphatic hydroxyl groups excluding tert-OH is 1. The van der Waals surface area contributed by atoms with E-state index in [2.05, 4.69) is 5.32 Å². The Hall–Kier alpha value is -1.30. The van der Waals surface area contributed by atoms with Crippen LogP contribution in [0.2, 0.25) is 0 Å². The van der Waals surface area contributed by atoms with Crippen molar-refractivity contribution < 1.29 is 13.9 Å². The van der Waals surface area contributed by atoms with Gasteiger partial charge < -0.3 is 10.4 Å². The lowest BCUT2D eigenvalue weighted by atomic mass is 10.1. The molecule has 2 aromatic rings. The summed E-state index contributed by atoms with van der Waals surface area (Å²) in [7, 11) is 0. The number of thiophene rings is 1. The molecule has 1 aromatic heterocycles. The maximum absolute atomic E-state index is 13.4. The van der Waals surface area contributed by atoms with Gasteiger partial charge in [0.05, 0.1) is 6.10 Å². The molecule has 0 saturated heterocycles. The lowest BCUT2D eigenvalue weighted by Crippen LogP contribution is -2.21. The molecule has 1 atom stereocenters. The topological polar surface area (TPSA) is 32.3 Å². The molecule has 2 N–H and O–H groups in total. The minimum Gasteiger partial charge on any atom is -0.387 e. The van der Waals surface area contributed by atoms with Crippen LogP contribution >= 0.6 is 11.3 Å². The van der Waals surface area contributed by atoms with Gasteiger partial charge in [-0.1, -0.05) is 6.07 Å². The number of rotatable bonds is 5. The van der Waals surface area contributed by atoms with E-state index >= 15 is 0 Å². The van der Waals surface area contributed by atoms with Gasteiger partial charge in [0.25, 0.3) is 0 Å². The Bertz CT molecular complexity index is 556. The smallest absolute Gasteiger partial charge is 0.131 e. The lowest BCUT2D eigenvalue weighted by molar-refractivity contribution is 0.169. The van der Waals surface area contributed by atoms with Crippen molar-refractivity contribution in [3.8, 4) is 0 Å². The van der Waals surface area contributed by atoms with Crippen LogP contribution in [0.4, 0.5) is 8.78 Å². The predicted molar refractivity (Wildman–Crippen MR) is 72.1 cm³/mol. The van der Waals surface area contributed by atoms with Gasteiger partial charge in [-0.05, 0) is 30.0 Å². The van der Waals surface area contributed by atoms with Gasteiger partial charge in [0.15, 0.2) is 0 Å². The predicted octanol–water partition coefficient (Wildman–Crippen LogP) is 3.16. The van der Waals surface area contributed by atoms with E-state index in [9.17, 15) is 13.9 Å². The highest BCUT2D eigenvalue weighted by molar-refractivity contribution is 7.10. The summed E-state index contributed by atoms with van der Waals surface area (Å²) in [5.41, 5.74) is 1.30. The van der Waals surface area contributed by atoms with Crippen LogP contribution in [0.25, 0.3) is 0 Å². The van der Waals surface area contributed by atoms with Gasteiger partial charge in [0, 0.05) is 29.6 Å². The van der Waals surface area contributed by atoms with Crippen molar-refractivity contribution in [1.29, 1.82) is 0 Å². The standard InChI is InChI=1S/C14H15F2NOS/c1-9-4-5-19-14(9)8-17-7-13(18)11-3-2-10(15)6-12(11)16/h2-6,13,17-18H,7-8H2,1H3. The third kappa shape index (κ3) is 3.59. The molecule has 1 unspecified atom stereocenters. The van der Waals surface area contributed by atoms with Crippen LogP contribution in [0.15, 0.2) is 29.6 Å². The second kappa shape index (κ2) is 6.23. The second-order valence-corrected chi connectivity index (χ2v) is 5.34. The molecular weight excluding hydrogens is 268 g/mol. The highest BCUT2D eigenvalue weighted by atomic mass is 32.1. The van der Waals surface area contributed by atoms with Crippen LogP contribution in [0.3, 0.4) is 0 Å². The number of hydrogen-bond acceptors (Lipinski definition) is 3. The molecule has 0 saturated carbocycles. The van der Waals surface area contributed by atoms with E-state index in [1.165, 1.54) is 16.5 Å². The largest absolute Gasteiger partial charge is 0.387 e. The van der Waals surface area contributed by atoms with Crippen molar-refractivity contribution in [2.75, 3.05) is 6.54 Å². The molecule has 0 bridgehead atoms. The quantitative estimate of drug-likeness (QED) is 0.883. The fraction of sp³-hybridized carbons (Fsp3) is 0.286. The average Bonchev–Trinajstić information content (AvgIpc) is 2.75. The minimum absolute atomic E-state index is 0.108. The van der Waals surface area contributed by atoms with Crippen LogP contribution in [-0.2, 0) is 6.54 Å². The maximum Gasteiger partial charge on any atom is 0.131 e. The first-order valence-electron chi connectivity index (χ1n) is 5.94. The zero-order valence-corrected chi connectivity index (χ0v) is 11.3. The summed E-state index contributed by atoms with van der Waals surface area (Å²) in [6.07, 6.45) is -0.985. The van der Waals surface area contributed by atoms with E-state index in [4.69, 9.17) is 0 Å². The van der Waals surface area contributed by atoms with Crippen LogP contribution in [-0.4, -0.2) is 11.7 Å². The third-order valence-electron chi connectivity index (χ3n) is 2.91. The van der Waals surface area contributed by atoms with E-state index in [1.807, 2.05) is 18.4 Å². The van der Waals surface area contributed by atoms with Crippen molar-refractivity contribution in [3.63, 3.8) is 0 Å². The molecule has 0 amide bonds. The van der Waals surface area contributed by atoms with Gasteiger partial charge in [-0.15, -0.1) is 11.3 Å². The summed E-state index contributed by atoms with van der Waals surface area (Å²) in [4.78, 5) is 1.19. The van der Waals surface area contributed by atoms with Crippen molar-refractivity contribution in [2.45, 2.75) is 19.6 Å². The number of nitrogens with one attached hydrogen (secondary N) is 1. The second-order valence-electron chi connectivity index (χ2n) is 4.34. The van der Waals surface area contributed by atoms with Crippen LogP contribution in [0.1, 0.15) is 22.1 Å². The van der Waals surface area contributed by atoms with E-state index < -0.39 is 17.7 Å². The fourth-order valence-electron chi connectivity index (χ4n) is 1.79. The van der Waals surface area contributed by atoms with E-state index in [0.29, 0.717) is 6.54 Å². The Kier molecular flexibility index (Phi) is 4.63. The molecule has 0 spiro atoms. The summed E-state index contributed by atoms with van der Waals surface area (Å²) in [6, 6.07) is 5.22. The summed E-state index contributed by atoms with van der Waals surface area (Å²) in [5, 5.41) is 14.9. The molecular formula is C14H15F2NOS. The molecule has 0 fully saturated rings. The number of aryl methyl sites for hydroxylation is 1. The first-order chi connectivity index (χ1) is 9.08. The molecule has 0 aliphatic rings. The van der Waals surface area contributed by atoms with Crippen LogP contribution in [0.5, 0.6) is 0 Å². The Morgan fingerprint density at radius 2 is 2.11 bits per heavy atom. The Balaban J connectivity index is 1.91. The summed E-state index contributed by atoms with van der Waals surface area (Å²) < 4.78 is 26.2. The highest BCUT2D eigenvalue weighted by Crippen LogP contribution is 2.18. The number of hydrogen-bond donors (Lipinski definition) is 2. The maximum atomic E-state index is 13.4. The molecule has 2 nitrogen and oxygen atoms in total.